The van der Waals surface area contributed by atoms with Gasteiger partial charge < -0.3 is 9.88 Å². The summed E-state index contributed by atoms with van der Waals surface area (Å²) in [5, 5.41) is 3.54. The molecule has 0 bridgehead atoms. The van der Waals surface area contributed by atoms with Crippen LogP contribution in [0.1, 0.15) is 37.4 Å². The molecule has 2 heterocycles. The molecule has 1 aliphatic rings. The molecule has 0 amide bonds. The van der Waals surface area contributed by atoms with E-state index in [1.165, 1.54) is 25.0 Å². The molecule has 5 heteroatoms. The zero-order valence-corrected chi connectivity index (χ0v) is 11.2. The van der Waals surface area contributed by atoms with Crippen LogP contribution in [-0.4, -0.2) is 32.3 Å². The molecule has 1 N–H and O–H groups in total. The number of aryl methyl sites for hydroxylation is 1. The Bertz CT molecular complexity index is 372. The molecule has 2 atom stereocenters. The van der Waals surface area contributed by atoms with Crippen molar-refractivity contribution in [1.82, 2.24) is 14.9 Å². The Morgan fingerprint density at radius 1 is 1.59 bits per heavy atom. The minimum Gasteiger partial charge on any atom is -0.333 e. The third-order valence-corrected chi connectivity index (χ3v) is 4.11. The highest BCUT2D eigenvalue weighted by molar-refractivity contribution is 7.84. The summed E-state index contributed by atoms with van der Waals surface area (Å²) in [4.78, 5) is 4.24. The average molecular weight is 255 g/mol. The van der Waals surface area contributed by atoms with E-state index < -0.39 is 10.8 Å². The third kappa shape index (κ3) is 3.64. The van der Waals surface area contributed by atoms with Gasteiger partial charge in [0, 0.05) is 41.6 Å². The van der Waals surface area contributed by atoms with E-state index in [4.69, 9.17) is 0 Å². The van der Waals surface area contributed by atoms with E-state index >= 15 is 0 Å². The van der Waals surface area contributed by atoms with Gasteiger partial charge in [-0.3, -0.25) is 4.21 Å². The highest BCUT2D eigenvalue weighted by atomic mass is 32.2. The first-order valence-corrected chi connectivity index (χ1v) is 8.03. The van der Waals surface area contributed by atoms with Gasteiger partial charge in [-0.15, -0.1) is 0 Å². The molecule has 1 aliphatic heterocycles. The van der Waals surface area contributed by atoms with Crippen molar-refractivity contribution in [3.8, 4) is 0 Å². The summed E-state index contributed by atoms with van der Waals surface area (Å²) in [6.45, 7) is 2.03. The van der Waals surface area contributed by atoms with Crippen molar-refractivity contribution in [1.29, 1.82) is 0 Å². The smallest absolute Gasteiger partial charge is 0.0948 e. The lowest BCUT2D eigenvalue weighted by molar-refractivity contribution is 0.392. The number of nitrogens with one attached hydrogen (secondary N) is 1. The van der Waals surface area contributed by atoms with Gasteiger partial charge in [0.25, 0.3) is 0 Å². The second-order valence-electron chi connectivity index (χ2n) is 4.65. The highest BCUT2D eigenvalue weighted by Gasteiger charge is 2.17. The van der Waals surface area contributed by atoms with Crippen LogP contribution in [0, 0.1) is 0 Å². The summed E-state index contributed by atoms with van der Waals surface area (Å²) >= 11 is 0. The van der Waals surface area contributed by atoms with Gasteiger partial charge in [0.15, 0.2) is 0 Å². The Hall–Kier alpha value is -0.680. The number of imidazole rings is 1. The number of hydrogen-bond acceptors (Lipinski definition) is 3. The Balaban J connectivity index is 1.93. The average Bonchev–Trinajstić information content (AvgIpc) is 2.78. The number of hydrogen-bond donors (Lipinski definition) is 1. The molecule has 1 aromatic heterocycles. The van der Waals surface area contributed by atoms with Crippen LogP contribution in [0.4, 0.5) is 0 Å². The molecule has 0 aromatic carbocycles. The maximum atomic E-state index is 11.0. The third-order valence-electron chi connectivity index (χ3n) is 3.24. The molecule has 17 heavy (non-hydrogen) atoms. The number of piperidine rings is 1. The summed E-state index contributed by atoms with van der Waals surface area (Å²) in [7, 11) is -0.688. The van der Waals surface area contributed by atoms with E-state index in [0.717, 1.165) is 25.3 Å². The van der Waals surface area contributed by atoms with E-state index in [1.54, 1.807) is 6.26 Å². The summed E-state index contributed by atoms with van der Waals surface area (Å²) < 4.78 is 13.2. The summed E-state index contributed by atoms with van der Waals surface area (Å²) in [6, 6.07) is 0.457. The Morgan fingerprint density at radius 3 is 3.18 bits per heavy atom. The number of aromatic nitrogens is 2. The van der Waals surface area contributed by atoms with Gasteiger partial charge in [0.2, 0.25) is 0 Å². The molecule has 2 unspecified atom stereocenters. The Labute approximate surface area is 105 Å². The molecule has 1 saturated heterocycles. The zero-order chi connectivity index (χ0) is 12.1. The topological polar surface area (TPSA) is 46.9 Å². The van der Waals surface area contributed by atoms with Crippen LogP contribution in [0.2, 0.25) is 0 Å². The van der Waals surface area contributed by atoms with Gasteiger partial charge in [-0.2, -0.15) is 0 Å². The van der Waals surface area contributed by atoms with Crippen molar-refractivity contribution < 1.29 is 4.21 Å². The van der Waals surface area contributed by atoms with Crippen molar-refractivity contribution >= 4 is 10.8 Å². The lowest BCUT2D eigenvalue weighted by atomic mass is 10.0. The molecular weight excluding hydrogens is 234 g/mol. The molecule has 1 aromatic rings. The Morgan fingerprint density at radius 2 is 2.47 bits per heavy atom. The first-order chi connectivity index (χ1) is 8.27. The minimum absolute atomic E-state index is 0.457. The zero-order valence-electron chi connectivity index (χ0n) is 10.4. The van der Waals surface area contributed by atoms with E-state index in [9.17, 15) is 4.21 Å². The van der Waals surface area contributed by atoms with Crippen LogP contribution in [-0.2, 0) is 17.3 Å². The lowest BCUT2D eigenvalue weighted by Gasteiger charge is -2.24. The molecule has 0 aliphatic carbocycles. The summed E-state index contributed by atoms with van der Waals surface area (Å²) in [5.41, 5.74) is 1.28. The second-order valence-corrected chi connectivity index (χ2v) is 6.20. The van der Waals surface area contributed by atoms with Gasteiger partial charge in [-0.05, 0) is 25.8 Å². The SMILES string of the molecule is CS(=O)CCCn1cncc1C1CCCCN1. The van der Waals surface area contributed by atoms with Gasteiger partial charge >= 0.3 is 0 Å². The van der Waals surface area contributed by atoms with Crippen molar-refractivity contribution in [2.45, 2.75) is 38.3 Å². The van der Waals surface area contributed by atoms with Crippen LogP contribution in [0.15, 0.2) is 12.5 Å². The van der Waals surface area contributed by atoms with E-state index in [0.29, 0.717) is 6.04 Å². The Kier molecular flexibility index (Phi) is 4.74. The van der Waals surface area contributed by atoms with Crippen LogP contribution in [0.3, 0.4) is 0 Å². The maximum absolute atomic E-state index is 11.0. The van der Waals surface area contributed by atoms with Gasteiger partial charge in [0.1, 0.15) is 0 Å². The van der Waals surface area contributed by atoms with Crippen molar-refractivity contribution in [2.24, 2.45) is 0 Å². The maximum Gasteiger partial charge on any atom is 0.0948 e. The van der Waals surface area contributed by atoms with Crippen LogP contribution in [0.25, 0.3) is 0 Å². The van der Waals surface area contributed by atoms with Gasteiger partial charge in [-0.1, -0.05) is 6.42 Å². The molecule has 1 fully saturated rings. The predicted octanol–water partition coefficient (Wildman–Crippen LogP) is 1.47. The largest absolute Gasteiger partial charge is 0.333 e. The van der Waals surface area contributed by atoms with Crippen LogP contribution in [0.5, 0.6) is 0 Å². The van der Waals surface area contributed by atoms with Crippen LogP contribution >= 0.6 is 0 Å². The van der Waals surface area contributed by atoms with E-state index in [-0.39, 0.29) is 0 Å². The van der Waals surface area contributed by atoms with Crippen LogP contribution < -0.4 is 5.32 Å². The molecule has 4 nitrogen and oxygen atoms in total. The summed E-state index contributed by atoms with van der Waals surface area (Å²) in [6.07, 6.45) is 10.3. The summed E-state index contributed by atoms with van der Waals surface area (Å²) in [5.74, 6) is 0.774. The van der Waals surface area contributed by atoms with Gasteiger partial charge in [-0.25, -0.2) is 4.98 Å². The van der Waals surface area contributed by atoms with Gasteiger partial charge in [0.05, 0.1) is 12.0 Å². The minimum atomic E-state index is -0.688. The standard InChI is InChI=1S/C12H21N3OS/c1-17(16)8-4-7-15-10-13-9-12(15)11-5-2-3-6-14-11/h9-11,14H,2-8H2,1H3. The molecule has 0 radical (unpaired) electrons. The normalized spacial score (nSPS) is 22.5. The molecule has 96 valence electrons. The van der Waals surface area contributed by atoms with Crippen molar-refractivity contribution in [3.05, 3.63) is 18.2 Å². The predicted molar refractivity (Wildman–Crippen MR) is 70.4 cm³/mol. The second kappa shape index (κ2) is 6.31. The van der Waals surface area contributed by atoms with E-state index in [2.05, 4.69) is 14.9 Å². The van der Waals surface area contributed by atoms with E-state index in [1.807, 2.05) is 12.5 Å². The highest BCUT2D eigenvalue weighted by Crippen LogP contribution is 2.22. The molecular formula is C12H21N3OS. The molecule has 0 saturated carbocycles. The number of nitrogens with zero attached hydrogens (tertiary/aromatic N) is 2. The van der Waals surface area contributed by atoms with Crippen molar-refractivity contribution in [2.75, 3.05) is 18.6 Å². The fraction of sp³-hybridized carbons (Fsp3) is 0.750. The van der Waals surface area contributed by atoms with Crippen molar-refractivity contribution in [3.63, 3.8) is 0 Å². The number of rotatable bonds is 5. The first kappa shape index (κ1) is 12.8. The monoisotopic (exact) mass is 255 g/mol. The fourth-order valence-corrected chi connectivity index (χ4v) is 2.89. The lowest BCUT2D eigenvalue weighted by Crippen LogP contribution is -2.28. The first-order valence-electron chi connectivity index (χ1n) is 6.31. The quantitative estimate of drug-likeness (QED) is 0.866. The molecule has 0 spiro atoms. The fourth-order valence-electron chi connectivity index (χ4n) is 2.35. The molecule has 2 rings (SSSR count).